The Bertz CT molecular complexity index is 1150. The molecule has 0 unspecified atom stereocenters. The van der Waals surface area contributed by atoms with Gasteiger partial charge in [0.15, 0.2) is 0 Å². The smallest absolute Gasteiger partial charge is 0.336 e. The highest BCUT2D eigenvalue weighted by Gasteiger charge is 2.15. The minimum atomic E-state index is -1.08. The molecule has 0 saturated carbocycles. The van der Waals surface area contributed by atoms with Gasteiger partial charge in [-0.2, -0.15) is 5.26 Å². The fraction of sp³-hybridized carbons (Fsp3) is 0.0870. The van der Waals surface area contributed by atoms with E-state index in [9.17, 15) is 20.0 Å². The Morgan fingerprint density at radius 1 is 1.17 bits per heavy atom. The summed E-state index contributed by atoms with van der Waals surface area (Å²) in [7, 11) is 0. The topological polar surface area (TPSA) is 113 Å². The summed E-state index contributed by atoms with van der Waals surface area (Å²) in [6.45, 7) is 2.35. The van der Waals surface area contributed by atoms with E-state index in [1.807, 2.05) is 13.0 Å². The van der Waals surface area contributed by atoms with E-state index < -0.39 is 11.9 Å². The largest absolute Gasteiger partial charge is 0.494 e. The highest BCUT2D eigenvalue weighted by Crippen LogP contribution is 2.27. The summed E-state index contributed by atoms with van der Waals surface area (Å²) >= 11 is 0. The van der Waals surface area contributed by atoms with Crippen LogP contribution in [-0.2, 0) is 4.79 Å². The van der Waals surface area contributed by atoms with Crippen LogP contribution < -0.4 is 10.1 Å². The molecule has 0 radical (unpaired) electrons. The lowest BCUT2D eigenvalue weighted by molar-refractivity contribution is -0.112. The first-order valence-electron chi connectivity index (χ1n) is 9.10. The summed E-state index contributed by atoms with van der Waals surface area (Å²) in [5, 5.41) is 21.4. The molecule has 150 valence electrons. The quantitative estimate of drug-likeness (QED) is 0.441. The van der Waals surface area contributed by atoms with Crippen molar-refractivity contribution >= 4 is 23.6 Å². The third-order valence-electron chi connectivity index (χ3n) is 4.10. The zero-order valence-corrected chi connectivity index (χ0v) is 16.1. The first-order chi connectivity index (χ1) is 14.5. The predicted octanol–water partition coefficient (Wildman–Crippen LogP) is 4.59. The molecule has 3 aromatic rings. The molecule has 0 spiro atoms. The van der Waals surface area contributed by atoms with Crippen molar-refractivity contribution in [2.45, 2.75) is 6.92 Å². The van der Waals surface area contributed by atoms with Gasteiger partial charge in [0.1, 0.15) is 28.9 Å². The Kier molecular flexibility index (Phi) is 6.30. The predicted molar refractivity (Wildman–Crippen MR) is 111 cm³/mol. The van der Waals surface area contributed by atoms with Gasteiger partial charge in [-0.3, -0.25) is 4.79 Å². The van der Waals surface area contributed by atoms with E-state index in [1.165, 1.54) is 12.1 Å². The third kappa shape index (κ3) is 4.75. The van der Waals surface area contributed by atoms with Crippen molar-refractivity contribution in [3.05, 3.63) is 77.6 Å². The van der Waals surface area contributed by atoms with Crippen LogP contribution in [0.25, 0.3) is 17.4 Å². The number of hydrogen-bond acceptors (Lipinski definition) is 5. The van der Waals surface area contributed by atoms with Crippen molar-refractivity contribution in [3.63, 3.8) is 0 Å². The molecule has 0 saturated heterocycles. The minimum absolute atomic E-state index is 0.0924. The Morgan fingerprint density at radius 3 is 2.70 bits per heavy atom. The lowest BCUT2D eigenvalue weighted by atomic mass is 10.1. The molecule has 0 aliphatic heterocycles. The van der Waals surface area contributed by atoms with Crippen LogP contribution in [0.2, 0.25) is 0 Å². The van der Waals surface area contributed by atoms with Gasteiger partial charge < -0.3 is 19.6 Å². The Morgan fingerprint density at radius 2 is 1.97 bits per heavy atom. The van der Waals surface area contributed by atoms with Gasteiger partial charge in [-0.15, -0.1) is 0 Å². The Balaban J connectivity index is 1.82. The number of benzene rings is 2. The van der Waals surface area contributed by atoms with Crippen LogP contribution in [-0.4, -0.2) is 23.6 Å². The van der Waals surface area contributed by atoms with Crippen molar-refractivity contribution in [1.82, 2.24) is 0 Å². The average Bonchev–Trinajstić information content (AvgIpc) is 3.21. The number of ether oxygens (including phenoxy) is 1. The van der Waals surface area contributed by atoms with E-state index >= 15 is 0 Å². The maximum atomic E-state index is 12.5. The molecule has 1 heterocycles. The second kappa shape index (κ2) is 9.26. The normalized spacial score (nSPS) is 10.9. The number of hydrogen-bond donors (Lipinski definition) is 2. The van der Waals surface area contributed by atoms with Gasteiger partial charge in [-0.25, -0.2) is 4.79 Å². The SMILES string of the molecule is CCOc1cccc(NC(=O)C(C#N)=Cc2ccc(-c3ccccc3C(=O)O)o2)c1. The molecule has 1 amide bonds. The molecule has 2 N–H and O–H groups in total. The van der Waals surface area contributed by atoms with Gasteiger partial charge in [0, 0.05) is 23.4 Å². The molecule has 30 heavy (non-hydrogen) atoms. The van der Waals surface area contributed by atoms with Crippen molar-refractivity contribution in [2.24, 2.45) is 0 Å². The summed E-state index contributed by atoms with van der Waals surface area (Å²) in [6.07, 6.45) is 1.30. The van der Waals surface area contributed by atoms with Crippen molar-refractivity contribution in [2.75, 3.05) is 11.9 Å². The van der Waals surface area contributed by atoms with Gasteiger partial charge in [-0.05, 0) is 37.3 Å². The summed E-state index contributed by atoms with van der Waals surface area (Å²) in [5.41, 5.74) is 0.821. The number of furan rings is 1. The lowest BCUT2D eigenvalue weighted by Crippen LogP contribution is -2.13. The van der Waals surface area contributed by atoms with E-state index in [-0.39, 0.29) is 16.9 Å². The number of nitriles is 1. The number of carbonyl (C=O) groups is 2. The lowest BCUT2D eigenvalue weighted by Gasteiger charge is -2.07. The molecule has 1 aromatic heterocycles. The van der Waals surface area contributed by atoms with Gasteiger partial charge in [0.05, 0.1) is 12.2 Å². The number of rotatable bonds is 7. The van der Waals surface area contributed by atoms with Gasteiger partial charge in [0.2, 0.25) is 0 Å². The second-order valence-electron chi connectivity index (χ2n) is 6.14. The zero-order chi connectivity index (χ0) is 21.5. The summed E-state index contributed by atoms with van der Waals surface area (Å²) < 4.78 is 11.0. The zero-order valence-electron chi connectivity index (χ0n) is 16.1. The highest BCUT2D eigenvalue weighted by molar-refractivity contribution is 6.09. The summed E-state index contributed by atoms with van der Waals surface area (Å²) in [5.74, 6) is -0.507. The van der Waals surface area contributed by atoms with Crippen LogP contribution in [0.4, 0.5) is 5.69 Å². The molecular weight excluding hydrogens is 384 g/mol. The maximum absolute atomic E-state index is 12.5. The molecular formula is C23H18N2O5. The van der Waals surface area contributed by atoms with E-state index in [0.29, 0.717) is 29.4 Å². The molecule has 2 aromatic carbocycles. The molecule has 0 fully saturated rings. The van der Waals surface area contributed by atoms with Crippen LogP contribution in [0.15, 0.2) is 70.7 Å². The second-order valence-corrected chi connectivity index (χ2v) is 6.14. The van der Waals surface area contributed by atoms with Crippen molar-refractivity contribution in [3.8, 4) is 23.1 Å². The number of nitrogens with zero attached hydrogens (tertiary/aromatic N) is 1. The van der Waals surface area contributed by atoms with Crippen LogP contribution in [0.5, 0.6) is 5.75 Å². The van der Waals surface area contributed by atoms with Crippen LogP contribution >= 0.6 is 0 Å². The average molecular weight is 402 g/mol. The van der Waals surface area contributed by atoms with Crippen LogP contribution in [0.1, 0.15) is 23.0 Å². The fourth-order valence-electron chi connectivity index (χ4n) is 2.78. The van der Waals surface area contributed by atoms with Crippen LogP contribution in [0, 0.1) is 11.3 Å². The van der Waals surface area contributed by atoms with Gasteiger partial charge in [0.25, 0.3) is 5.91 Å². The first kappa shape index (κ1) is 20.4. The third-order valence-corrected chi connectivity index (χ3v) is 4.10. The molecule has 0 aliphatic carbocycles. The monoisotopic (exact) mass is 402 g/mol. The van der Waals surface area contributed by atoms with Crippen molar-refractivity contribution in [1.29, 1.82) is 5.26 Å². The highest BCUT2D eigenvalue weighted by atomic mass is 16.5. The van der Waals surface area contributed by atoms with Gasteiger partial charge >= 0.3 is 5.97 Å². The van der Waals surface area contributed by atoms with E-state index in [0.717, 1.165) is 0 Å². The number of carboxylic acids is 1. The molecule has 0 atom stereocenters. The molecule has 0 bridgehead atoms. The number of nitrogens with one attached hydrogen (secondary N) is 1. The number of carbonyl (C=O) groups excluding carboxylic acids is 1. The summed E-state index contributed by atoms with van der Waals surface area (Å²) in [6, 6.07) is 18.3. The minimum Gasteiger partial charge on any atom is -0.494 e. The number of carboxylic acid groups (broad SMARTS) is 1. The van der Waals surface area contributed by atoms with E-state index in [4.69, 9.17) is 9.15 Å². The van der Waals surface area contributed by atoms with Gasteiger partial charge in [-0.1, -0.05) is 24.3 Å². The maximum Gasteiger partial charge on any atom is 0.336 e. The first-order valence-corrected chi connectivity index (χ1v) is 9.10. The number of anilines is 1. The summed E-state index contributed by atoms with van der Waals surface area (Å²) in [4.78, 5) is 23.9. The van der Waals surface area contributed by atoms with Crippen molar-refractivity contribution < 1.29 is 23.8 Å². The molecule has 3 rings (SSSR count). The molecule has 0 aliphatic rings. The molecule has 7 nitrogen and oxygen atoms in total. The number of amides is 1. The van der Waals surface area contributed by atoms with Crippen LogP contribution in [0.3, 0.4) is 0 Å². The molecule has 7 heteroatoms. The van der Waals surface area contributed by atoms with E-state index in [1.54, 1.807) is 54.6 Å². The fourth-order valence-corrected chi connectivity index (χ4v) is 2.78. The van der Waals surface area contributed by atoms with E-state index in [2.05, 4.69) is 5.32 Å². The Hall–Kier alpha value is -4.31. The Labute approximate surface area is 172 Å². The standard InChI is InChI=1S/C23H18N2O5/c1-2-29-17-7-5-6-16(13-17)25-22(26)15(14-24)12-18-10-11-21(30-18)19-8-3-4-9-20(19)23(27)28/h3-13H,2H2,1H3,(H,25,26)(H,27,28). The number of aromatic carboxylic acids is 1.